The molecule has 122 valence electrons. The molecule has 0 saturated heterocycles. The van der Waals surface area contributed by atoms with E-state index in [4.69, 9.17) is 5.14 Å². The Morgan fingerprint density at radius 1 is 1.29 bits per heavy atom. The van der Waals surface area contributed by atoms with E-state index in [-0.39, 0.29) is 5.04 Å². The van der Waals surface area contributed by atoms with Crippen molar-refractivity contribution >= 4 is 29.5 Å². The second-order valence-corrected chi connectivity index (χ2v) is 16.0. The van der Waals surface area contributed by atoms with Gasteiger partial charge in [-0.25, -0.2) is 9.35 Å². The largest absolute Gasteiger partial charge is 0.386 e. The number of hydrogen-bond donors (Lipinski definition) is 2. The fraction of sp³-hybridized carbons (Fsp3) is 0.714. The van der Waals surface area contributed by atoms with Gasteiger partial charge < -0.3 is 5.11 Å². The lowest BCUT2D eigenvalue weighted by molar-refractivity contribution is 0.0783. The average Bonchev–Trinajstić information content (AvgIpc) is 2.56. The maximum Gasteiger partial charge on any atom is 0.195 e. The molecule has 1 aromatic heterocycles. The summed E-state index contributed by atoms with van der Waals surface area (Å²) in [7, 11) is -5.03. The van der Waals surface area contributed by atoms with Gasteiger partial charge in [0, 0.05) is 4.88 Å². The summed E-state index contributed by atoms with van der Waals surface area (Å²) in [6, 6.07) is 1.75. The number of nitrogens with zero attached hydrogens (tertiary/aromatic N) is 1. The Bertz CT molecular complexity index is 643. The van der Waals surface area contributed by atoms with Gasteiger partial charge >= 0.3 is 0 Å². The van der Waals surface area contributed by atoms with E-state index in [9.17, 15) is 9.32 Å². The van der Waals surface area contributed by atoms with E-state index in [2.05, 4.69) is 37.9 Å². The van der Waals surface area contributed by atoms with E-state index in [1.54, 1.807) is 19.9 Å². The fourth-order valence-electron chi connectivity index (χ4n) is 1.73. The first-order valence-electron chi connectivity index (χ1n) is 6.97. The van der Waals surface area contributed by atoms with Crippen LogP contribution in [0.3, 0.4) is 0 Å². The SMILES string of the molecule is Cc1sc(S(N)(=O)=N[Si](C)(C)C(C)(C)C)cc1C(C)(C)O. The number of aryl methyl sites for hydroxylation is 1. The van der Waals surface area contributed by atoms with Crippen LogP contribution in [0.4, 0.5) is 0 Å². The summed E-state index contributed by atoms with van der Waals surface area (Å²) in [6.07, 6.45) is 0. The Balaban J connectivity index is 3.43. The Hall–Kier alpha value is -0.213. The van der Waals surface area contributed by atoms with Crippen molar-refractivity contribution in [3.8, 4) is 0 Å². The molecule has 3 N–H and O–H groups in total. The average molecular weight is 349 g/mol. The lowest BCUT2D eigenvalue weighted by Gasteiger charge is -2.32. The molecule has 0 aromatic carbocycles. The summed E-state index contributed by atoms with van der Waals surface area (Å²) in [5.74, 6) is 0. The molecule has 7 heteroatoms. The highest BCUT2D eigenvalue weighted by molar-refractivity contribution is 7.94. The van der Waals surface area contributed by atoms with Crippen LogP contribution < -0.4 is 5.14 Å². The molecular formula is C14H28N2O2S2Si. The van der Waals surface area contributed by atoms with Gasteiger partial charge in [-0.3, -0.25) is 4.03 Å². The molecular weight excluding hydrogens is 320 g/mol. The minimum atomic E-state index is -2.92. The number of nitrogens with two attached hydrogens (primary N) is 1. The molecule has 0 aliphatic rings. The Morgan fingerprint density at radius 3 is 2.10 bits per heavy atom. The molecule has 1 aromatic rings. The molecule has 0 saturated carbocycles. The molecule has 0 fully saturated rings. The summed E-state index contributed by atoms with van der Waals surface area (Å²) in [4.78, 5) is 0.932. The van der Waals surface area contributed by atoms with Crippen LogP contribution in [-0.2, 0) is 15.5 Å². The molecule has 1 rings (SSSR count). The van der Waals surface area contributed by atoms with Crippen molar-refractivity contribution in [2.45, 2.75) is 69.5 Å². The van der Waals surface area contributed by atoms with Crippen molar-refractivity contribution in [3.63, 3.8) is 0 Å². The number of hydrogen-bond acceptors (Lipinski definition) is 4. The lowest BCUT2D eigenvalue weighted by atomic mass is 10.00. The summed E-state index contributed by atoms with van der Waals surface area (Å²) >= 11 is 1.37. The van der Waals surface area contributed by atoms with Crippen LogP contribution in [0.2, 0.25) is 18.1 Å². The van der Waals surface area contributed by atoms with Crippen molar-refractivity contribution < 1.29 is 9.32 Å². The quantitative estimate of drug-likeness (QED) is 0.810. The van der Waals surface area contributed by atoms with Gasteiger partial charge in [0.2, 0.25) is 0 Å². The highest BCUT2D eigenvalue weighted by atomic mass is 32.2. The minimum Gasteiger partial charge on any atom is -0.386 e. The van der Waals surface area contributed by atoms with Gasteiger partial charge in [-0.15, -0.1) is 11.3 Å². The molecule has 0 amide bonds. The molecule has 0 aliphatic carbocycles. The predicted molar refractivity (Wildman–Crippen MR) is 94.5 cm³/mol. The van der Waals surface area contributed by atoms with Crippen LogP contribution in [0.1, 0.15) is 45.1 Å². The van der Waals surface area contributed by atoms with Crippen molar-refractivity contribution in [2.75, 3.05) is 0 Å². The summed E-state index contributed by atoms with van der Waals surface area (Å²) < 4.78 is 18.1. The molecule has 21 heavy (non-hydrogen) atoms. The third-order valence-corrected chi connectivity index (χ3v) is 13.1. The fourth-order valence-corrected chi connectivity index (χ4v) is 8.27. The van der Waals surface area contributed by atoms with Crippen molar-refractivity contribution in [1.29, 1.82) is 0 Å². The van der Waals surface area contributed by atoms with Gasteiger partial charge in [0.05, 0.1) is 5.60 Å². The highest BCUT2D eigenvalue weighted by Crippen LogP contribution is 2.39. The van der Waals surface area contributed by atoms with Crippen LogP contribution in [0.5, 0.6) is 0 Å². The van der Waals surface area contributed by atoms with Gasteiger partial charge in [-0.1, -0.05) is 20.8 Å². The zero-order chi connectivity index (χ0) is 16.9. The molecule has 1 heterocycles. The molecule has 0 radical (unpaired) electrons. The van der Waals surface area contributed by atoms with E-state index in [1.165, 1.54) is 11.3 Å². The van der Waals surface area contributed by atoms with Crippen molar-refractivity contribution in [3.05, 3.63) is 16.5 Å². The molecule has 0 aliphatic heterocycles. The monoisotopic (exact) mass is 348 g/mol. The van der Waals surface area contributed by atoms with Gasteiger partial charge in [0.1, 0.15) is 14.1 Å². The summed E-state index contributed by atoms with van der Waals surface area (Å²) in [5, 5.41) is 16.2. The Kier molecular flexibility index (Phi) is 4.89. The molecule has 4 nitrogen and oxygen atoms in total. The maximum atomic E-state index is 12.9. The van der Waals surface area contributed by atoms with Crippen molar-refractivity contribution in [2.24, 2.45) is 9.17 Å². The summed E-state index contributed by atoms with van der Waals surface area (Å²) in [6.45, 7) is 15.8. The number of rotatable bonds is 3. The zero-order valence-electron chi connectivity index (χ0n) is 14.3. The Morgan fingerprint density at radius 2 is 1.76 bits per heavy atom. The van der Waals surface area contributed by atoms with Crippen LogP contribution >= 0.6 is 11.3 Å². The van der Waals surface area contributed by atoms with Crippen LogP contribution in [0.15, 0.2) is 14.3 Å². The first-order valence-corrected chi connectivity index (χ1v) is 12.3. The second kappa shape index (κ2) is 5.45. The van der Waals surface area contributed by atoms with Crippen molar-refractivity contribution in [1.82, 2.24) is 0 Å². The predicted octanol–water partition coefficient (Wildman–Crippen LogP) is 3.99. The number of aliphatic hydroxyl groups is 1. The minimum absolute atomic E-state index is 0.0135. The van der Waals surface area contributed by atoms with Crippen LogP contribution in [0, 0.1) is 6.92 Å². The normalized spacial score (nSPS) is 16.7. The van der Waals surface area contributed by atoms with E-state index in [0.717, 1.165) is 10.4 Å². The van der Waals surface area contributed by atoms with E-state index in [0.29, 0.717) is 4.21 Å². The van der Waals surface area contributed by atoms with Gasteiger partial charge in [-0.2, -0.15) is 0 Å². The topological polar surface area (TPSA) is 75.7 Å². The Labute approximate surface area is 134 Å². The number of thiophene rings is 1. The first-order chi connectivity index (χ1) is 9.08. The third kappa shape index (κ3) is 4.16. The molecule has 0 bridgehead atoms. The molecule has 1 atom stereocenters. The van der Waals surface area contributed by atoms with Crippen LogP contribution in [-0.4, -0.2) is 17.6 Å². The van der Waals surface area contributed by atoms with E-state index >= 15 is 0 Å². The third-order valence-electron chi connectivity index (χ3n) is 4.04. The van der Waals surface area contributed by atoms with Crippen LogP contribution in [0.25, 0.3) is 0 Å². The molecule has 0 spiro atoms. The van der Waals surface area contributed by atoms with Gasteiger partial charge in [-0.05, 0) is 50.5 Å². The first kappa shape index (κ1) is 18.8. The van der Waals surface area contributed by atoms with Gasteiger partial charge in [0.25, 0.3) is 0 Å². The summed E-state index contributed by atoms with van der Waals surface area (Å²) in [5.41, 5.74) is -0.197. The zero-order valence-corrected chi connectivity index (χ0v) is 16.9. The maximum absolute atomic E-state index is 12.9. The molecule has 1 unspecified atom stereocenters. The lowest BCUT2D eigenvalue weighted by Crippen LogP contribution is -2.37. The standard InChI is InChI=1S/C14H28N2O2S2Si/c1-10-11(14(5,6)17)9-12(19-10)20(15,18)16-21(7,8)13(2,3)4/h9,17H,1-8H3,(H2,15,16,18). The van der Waals surface area contributed by atoms with E-state index in [1.807, 2.05) is 6.92 Å². The van der Waals surface area contributed by atoms with E-state index < -0.39 is 23.8 Å². The highest BCUT2D eigenvalue weighted by Gasteiger charge is 2.37. The van der Waals surface area contributed by atoms with Gasteiger partial charge in [0.15, 0.2) is 8.24 Å². The smallest absolute Gasteiger partial charge is 0.195 e. The second-order valence-electron chi connectivity index (χ2n) is 7.56.